The number of benzene rings is 1. The molecular weight excluding hydrogens is 418 g/mol. The molecule has 3 heterocycles. The third-order valence-electron chi connectivity index (χ3n) is 5.64. The van der Waals surface area contributed by atoms with Crippen molar-refractivity contribution < 1.29 is 14.3 Å². The minimum Gasteiger partial charge on any atom is -0.444 e. The lowest BCUT2D eigenvalue weighted by molar-refractivity contribution is -0.115. The van der Waals surface area contributed by atoms with Gasteiger partial charge in [-0.1, -0.05) is 18.2 Å². The predicted molar refractivity (Wildman–Crippen MR) is 130 cm³/mol. The maximum absolute atomic E-state index is 12.6. The Morgan fingerprint density at radius 3 is 2.45 bits per heavy atom. The summed E-state index contributed by atoms with van der Waals surface area (Å²) in [6.45, 7) is 8.21. The number of aryl methyl sites for hydroxylation is 1. The lowest BCUT2D eigenvalue weighted by atomic mass is 10.1. The summed E-state index contributed by atoms with van der Waals surface area (Å²) in [5.74, 6) is 0.425. The fourth-order valence-corrected chi connectivity index (χ4v) is 4.05. The number of nitrogens with zero attached hydrogens (tertiary/aromatic N) is 4. The van der Waals surface area contributed by atoms with Crippen molar-refractivity contribution >= 4 is 34.4 Å². The highest BCUT2D eigenvalue weighted by Gasteiger charge is 2.26. The fourth-order valence-electron chi connectivity index (χ4n) is 4.05. The zero-order chi connectivity index (χ0) is 23.6. The molecule has 0 spiro atoms. The van der Waals surface area contributed by atoms with Gasteiger partial charge in [-0.25, -0.2) is 9.78 Å². The van der Waals surface area contributed by atoms with Gasteiger partial charge in [-0.3, -0.25) is 4.79 Å². The largest absolute Gasteiger partial charge is 0.444 e. The Kier molecular flexibility index (Phi) is 6.26. The second-order valence-electron chi connectivity index (χ2n) is 9.36. The van der Waals surface area contributed by atoms with E-state index < -0.39 is 5.60 Å². The molecule has 174 valence electrons. The van der Waals surface area contributed by atoms with E-state index in [1.54, 1.807) is 11.1 Å². The molecule has 1 saturated heterocycles. The molecule has 0 unspecified atom stereocenters. The topological polar surface area (TPSA) is 79.7 Å². The summed E-state index contributed by atoms with van der Waals surface area (Å²) >= 11 is 0. The molecule has 2 amide bonds. The number of fused-ring (bicyclic) bond motifs is 1. The molecule has 1 aliphatic heterocycles. The maximum atomic E-state index is 12.6. The molecule has 0 bridgehead atoms. The van der Waals surface area contributed by atoms with E-state index in [-0.39, 0.29) is 18.4 Å². The van der Waals surface area contributed by atoms with E-state index in [4.69, 9.17) is 4.74 Å². The molecule has 0 radical (unpaired) electrons. The van der Waals surface area contributed by atoms with Gasteiger partial charge in [-0.05, 0) is 44.5 Å². The summed E-state index contributed by atoms with van der Waals surface area (Å²) < 4.78 is 7.49. The monoisotopic (exact) mass is 449 g/mol. The van der Waals surface area contributed by atoms with E-state index in [2.05, 4.69) is 15.2 Å². The first kappa shape index (κ1) is 22.6. The van der Waals surface area contributed by atoms with Crippen molar-refractivity contribution in [2.45, 2.75) is 32.8 Å². The standard InChI is InChI=1S/C25H31N5O3/c1-25(2,3)33-24(32)30-13-11-29(12-14-30)19-9-10-22(26-16-19)27-23(31)15-18-17-28(4)21-8-6-5-7-20(18)21/h5-10,16-17H,11-15H2,1-4H3,(H,26,27,31). The van der Waals surface area contributed by atoms with Crippen LogP contribution in [0.2, 0.25) is 0 Å². The zero-order valence-electron chi connectivity index (χ0n) is 19.7. The summed E-state index contributed by atoms with van der Waals surface area (Å²) in [4.78, 5) is 33.2. The van der Waals surface area contributed by atoms with E-state index in [1.165, 1.54) is 0 Å². The summed E-state index contributed by atoms with van der Waals surface area (Å²) in [6.07, 6.45) is 3.77. The van der Waals surface area contributed by atoms with Crippen LogP contribution in [0.4, 0.5) is 16.3 Å². The fraction of sp³-hybridized carbons (Fsp3) is 0.400. The number of hydrogen-bond donors (Lipinski definition) is 1. The molecule has 0 saturated carbocycles. The number of hydrogen-bond acceptors (Lipinski definition) is 5. The third-order valence-corrected chi connectivity index (χ3v) is 5.64. The molecule has 4 rings (SSSR count). The summed E-state index contributed by atoms with van der Waals surface area (Å²) in [7, 11) is 1.98. The third kappa shape index (κ3) is 5.45. The minimum absolute atomic E-state index is 0.0995. The van der Waals surface area contributed by atoms with Gasteiger partial charge in [0.1, 0.15) is 11.4 Å². The van der Waals surface area contributed by atoms with E-state index in [0.717, 1.165) is 22.2 Å². The van der Waals surface area contributed by atoms with E-state index in [9.17, 15) is 9.59 Å². The number of piperazine rings is 1. The lowest BCUT2D eigenvalue weighted by Gasteiger charge is -2.36. The number of nitrogens with one attached hydrogen (secondary N) is 1. The van der Waals surface area contributed by atoms with Crippen molar-refractivity contribution in [1.82, 2.24) is 14.5 Å². The quantitative estimate of drug-likeness (QED) is 0.655. The van der Waals surface area contributed by atoms with Crippen molar-refractivity contribution in [2.75, 3.05) is 36.4 Å². The summed E-state index contributed by atoms with van der Waals surface area (Å²) in [5, 5.41) is 3.98. The van der Waals surface area contributed by atoms with Crippen LogP contribution < -0.4 is 10.2 Å². The van der Waals surface area contributed by atoms with Gasteiger partial charge >= 0.3 is 6.09 Å². The van der Waals surface area contributed by atoms with Gasteiger partial charge in [0.05, 0.1) is 18.3 Å². The first-order valence-electron chi connectivity index (χ1n) is 11.2. The molecule has 1 aromatic carbocycles. The van der Waals surface area contributed by atoms with E-state index in [1.807, 2.05) is 75.0 Å². The van der Waals surface area contributed by atoms with Crippen LogP contribution in [0.1, 0.15) is 26.3 Å². The first-order chi connectivity index (χ1) is 15.7. The average molecular weight is 450 g/mol. The highest BCUT2D eigenvalue weighted by atomic mass is 16.6. The molecule has 1 N–H and O–H groups in total. The Morgan fingerprint density at radius 2 is 1.79 bits per heavy atom. The molecule has 2 aromatic heterocycles. The number of anilines is 2. The van der Waals surface area contributed by atoms with Crippen LogP contribution in [0.5, 0.6) is 0 Å². The Balaban J connectivity index is 1.31. The Hall–Kier alpha value is -3.55. The first-order valence-corrected chi connectivity index (χ1v) is 11.2. The van der Waals surface area contributed by atoms with Gasteiger partial charge in [0, 0.05) is 50.3 Å². The van der Waals surface area contributed by atoms with Gasteiger partial charge in [-0.15, -0.1) is 0 Å². The van der Waals surface area contributed by atoms with Gasteiger partial charge in [0.25, 0.3) is 0 Å². The highest BCUT2D eigenvalue weighted by Crippen LogP contribution is 2.22. The Bertz CT molecular complexity index is 1140. The molecule has 0 aliphatic carbocycles. The van der Waals surface area contributed by atoms with Gasteiger partial charge in [0.2, 0.25) is 5.91 Å². The Morgan fingerprint density at radius 1 is 1.06 bits per heavy atom. The van der Waals surface area contributed by atoms with Crippen LogP contribution >= 0.6 is 0 Å². The van der Waals surface area contributed by atoms with Gasteiger partial charge < -0.3 is 24.4 Å². The molecule has 1 aliphatic rings. The Labute approximate surface area is 194 Å². The van der Waals surface area contributed by atoms with Crippen LogP contribution in [-0.2, 0) is 23.0 Å². The number of aromatic nitrogens is 2. The second kappa shape index (κ2) is 9.13. The van der Waals surface area contributed by atoms with Crippen molar-refractivity contribution in [1.29, 1.82) is 0 Å². The van der Waals surface area contributed by atoms with Crippen LogP contribution in [0.15, 0.2) is 48.8 Å². The maximum Gasteiger partial charge on any atom is 0.410 e. The molecule has 0 atom stereocenters. The zero-order valence-corrected chi connectivity index (χ0v) is 19.7. The highest BCUT2D eigenvalue weighted by molar-refractivity contribution is 5.95. The second-order valence-corrected chi connectivity index (χ2v) is 9.36. The lowest BCUT2D eigenvalue weighted by Crippen LogP contribution is -2.50. The average Bonchev–Trinajstić information content (AvgIpc) is 3.08. The number of carbonyl (C=O) groups excluding carboxylic acids is 2. The van der Waals surface area contributed by atoms with Crippen molar-refractivity contribution in [3.8, 4) is 0 Å². The number of rotatable bonds is 4. The molecule has 8 nitrogen and oxygen atoms in total. The normalized spacial score (nSPS) is 14.4. The van der Waals surface area contributed by atoms with Gasteiger partial charge in [0.15, 0.2) is 0 Å². The number of ether oxygens (including phenoxy) is 1. The van der Waals surface area contributed by atoms with E-state index >= 15 is 0 Å². The van der Waals surface area contributed by atoms with Crippen LogP contribution in [0.25, 0.3) is 10.9 Å². The van der Waals surface area contributed by atoms with Crippen LogP contribution in [-0.4, -0.2) is 58.2 Å². The van der Waals surface area contributed by atoms with Crippen LogP contribution in [0.3, 0.4) is 0 Å². The smallest absolute Gasteiger partial charge is 0.410 e. The van der Waals surface area contributed by atoms with E-state index in [0.29, 0.717) is 32.0 Å². The molecule has 3 aromatic rings. The van der Waals surface area contributed by atoms with Crippen molar-refractivity contribution in [3.05, 3.63) is 54.4 Å². The van der Waals surface area contributed by atoms with Gasteiger partial charge in [-0.2, -0.15) is 0 Å². The van der Waals surface area contributed by atoms with Crippen molar-refractivity contribution in [2.24, 2.45) is 7.05 Å². The predicted octanol–water partition coefficient (Wildman–Crippen LogP) is 3.81. The van der Waals surface area contributed by atoms with Crippen molar-refractivity contribution in [3.63, 3.8) is 0 Å². The number of amides is 2. The summed E-state index contributed by atoms with van der Waals surface area (Å²) in [6, 6.07) is 11.8. The number of pyridine rings is 1. The molecule has 1 fully saturated rings. The number of para-hydroxylation sites is 1. The minimum atomic E-state index is -0.494. The van der Waals surface area contributed by atoms with Crippen LogP contribution in [0, 0.1) is 0 Å². The SMILES string of the molecule is Cn1cc(CC(=O)Nc2ccc(N3CCN(C(=O)OC(C)(C)C)CC3)cn2)c2ccccc21. The molecule has 8 heteroatoms. The molecular formula is C25H31N5O3. The summed E-state index contributed by atoms with van der Waals surface area (Å²) in [5.41, 5.74) is 2.57. The molecule has 33 heavy (non-hydrogen) atoms. The number of carbonyl (C=O) groups is 2.